The smallest absolute Gasteiger partial charge is 0.192 e. The van der Waals surface area contributed by atoms with Gasteiger partial charge in [0.1, 0.15) is 0 Å². The van der Waals surface area contributed by atoms with Crippen LogP contribution in [-0.4, -0.2) is 14.4 Å². The first-order chi connectivity index (χ1) is 6.26. The number of hydrogen-bond donors (Lipinski definition) is 0. The van der Waals surface area contributed by atoms with E-state index in [0.717, 1.165) is 0 Å². The van der Waals surface area contributed by atoms with Crippen molar-refractivity contribution < 1.29 is 4.43 Å². The molecule has 1 aliphatic rings. The Morgan fingerprint density at radius 1 is 1.29 bits per heavy atom. The van der Waals surface area contributed by atoms with E-state index < -0.39 is 8.32 Å². The monoisotopic (exact) mass is 212 g/mol. The van der Waals surface area contributed by atoms with Crippen LogP contribution in [0.2, 0.25) is 18.1 Å². The molecule has 0 aliphatic heterocycles. The van der Waals surface area contributed by atoms with E-state index in [2.05, 4.69) is 46.5 Å². The molecule has 0 heterocycles. The zero-order valence-corrected chi connectivity index (χ0v) is 11.3. The minimum atomic E-state index is -1.51. The molecule has 0 unspecified atom stereocenters. The van der Waals surface area contributed by atoms with Gasteiger partial charge >= 0.3 is 0 Å². The van der Waals surface area contributed by atoms with Crippen molar-refractivity contribution in [2.24, 2.45) is 5.92 Å². The molecule has 1 rings (SSSR count). The van der Waals surface area contributed by atoms with Gasteiger partial charge in [0.2, 0.25) is 0 Å². The maximum Gasteiger partial charge on any atom is 0.192 e. The normalized spacial score (nSPS) is 28.4. The third-order valence-corrected chi connectivity index (χ3v) is 8.27. The summed E-state index contributed by atoms with van der Waals surface area (Å²) in [7, 11) is -1.51. The standard InChI is InChI=1S/C12H24OSi/c1-7-10-8-11(9-10)13-14(5,6)12(2,3)4/h7,10-11H,1,8-9H2,2-6H3. The molecule has 14 heavy (non-hydrogen) atoms. The second kappa shape index (κ2) is 3.82. The maximum atomic E-state index is 6.26. The summed E-state index contributed by atoms with van der Waals surface area (Å²) in [5.41, 5.74) is 0. The molecule has 0 atom stereocenters. The average molecular weight is 212 g/mol. The lowest BCUT2D eigenvalue weighted by molar-refractivity contribution is 0.0727. The number of rotatable bonds is 3. The molecule has 0 spiro atoms. The molecule has 0 saturated heterocycles. The molecule has 0 aromatic rings. The SMILES string of the molecule is C=CC1CC(O[Si](C)(C)C(C)(C)C)C1. The third kappa shape index (κ3) is 2.48. The van der Waals surface area contributed by atoms with Gasteiger partial charge in [-0.15, -0.1) is 6.58 Å². The Morgan fingerprint density at radius 3 is 2.14 bits per heavy atom. The van der Waals surface area contributed by atoms with Crippen LogP contribution in [0.3, 0.4) is 0 Å². The van der Waals surface area contributed by atoms with Crippen LogP contribution in [-0.2, 0) is 4.43 Å². The van der Waals surface area contributed by atoms with Gasteiger partial charge in [0.05, 0.1) is 0 Å². The van der Waals surface area contributed by atoms with Crippen molar-refractivity contribution >= 4 is 8.32 Å². The third-order valence-electron chi connectivity index (χ3n) is 3.73. The Balaban J connectivity index is 2.42. The van der Waals surface area contributed by atoms with Gasteiger partial charge in [-0.3, -0.25) is 0 Å². The highest BCUT2D eigenvalue weighted by Crippen LogP contribution is 2.41. The van der Waals surface area contributed by atoms with Crippen molar-refractivity contribution in [3.63, 3.8) is 0 Å². The highest BCUT2D eigenvalue weighted by molar-refractivity contribution is 6.74. The molecule has 0 bridgehead atoms. The molecule has 1 aliphatic carbocycles. The van der Waals surface area contributed by atoms with Gasteiger partial charge in [0, 0.05) is 6.10 Å². The largest absolute Gasteiger partial charge is 0.414 e. The fourth-order valence-corrected chi connectivity index (χ4v) is 2.87. The first-order valence-corrected chi connectivity index (χ1v) is 8.47. The molecular formula is C12H24OSi. The number of hydrogen-bond acceptors (Lipinski definition) is 1. The van der Waals surface area contributed by atoms with Crippen LogP contribution in [0.5, 0.6) is 0 Å². The molecule has 0 amide bonds. The van der Waals surface area contributed by atoms with Crippen molar-refractivity contribution in [3.05, 3.63) is 12.7 Å². The summed E-state index contributed by atoms with van der Waals surface area (Å²) in [4.78, 5) is 0. The minimum absolute atomic E-state index is 0.340. The summed E-state index contributed by atoms with van der Waals surface area (Å²) in [6.07, 6.45) is 4.95. The fraction of sp³-hybridized carbons (Fsp3) is 0.833. The molecular weight excluding hydrogens is 188 g/mol. The fourth-order valence-electron chi connectivity index (χ4n) is 1.49. The first kappa shape index (κ1) is 12.0. The van der Waals surface area contributed by atoms with Gasteiger partial charge in [0.15, 0.2) is 8.32 Å². The van der Waals surface area contributed by atoms with Crippen LogP contribution in [0.15, 0.2) is 12.7 Å². The molecule has 0 aromatic heterocycles. The Kier molecular flexibility index (Phi) is 3.27. The summed E-state index contributed by atoms with van der Waals surface area (Å²) in [6, 6.07) is 0. The molecule has 0 N–H and O–H groups in total. The van der Waals surface area contributed by atoms with Gasteiger partial charge in [-0.2, -0.15) is 0 Å². The minimum Gasteiger partial charge on any atom is -0.414 e. The van der Waals surface area contributed by atoms with Crippen molar-refractivity contribution in [1.82, 2.24) is 0 Å². The highest BCUT2D eigenvalue weighted by Gasteiger charge is 2.41. The van der Waals surface area contributed by atoms with E-state index >= 15 is 0 Å². The lowest BCUT2D eigenvalue weighted by Crippen LogP contribution is -2.47. The van der Waals surface area contributed by atoms with Gasteiger partial charge in [-0.05, 0) is 36.9 Å². The Bertz CT molecular complexity index is 209. The van der Waals surface area contributed by atoms with E-state index in [1.165, 1.54) is 12.8 Å². The van der Waals surface area contributed by atoms with Crippen LogP contribution in [0.4, 0.5) is 0 Å². The van der Waals surface area contributed by atoms with Crippen molar-refractivity contribution in [1.29, 1.82) is 0 Å². The lowest BCUT2D eigenvalue weighted by atomic mass is 9.83. The summed E-state index contributed by atoms with van der Waals surface area (Å²) in [5, 5.41) is 0.340. The maximum absolute atomic E-state index is 6.26. The summed E-state index contributed by atoms with van der Waals surface area (Å²) in [6.45, 7) is 15.4. The van der Waals surface area contributed by atoms with E-state index in [4.69, 9.17) is 4.43 Å². The quantitative estimate of drug-likeness (QED) is 0.508. The van der Waals surface area contributed by atoms with Gasteiger partial charge in [0.25, 0.3) is 0 Å². The van der Waals surface area contributed by atoms with Crippen molar-refractivity contribution in [2.75, 3.05) is 0 Å². The summed E-state index contributed by atoms with van der Waals surface area (Å²) in [5.74, 6) is 0.713. The summed E-state index contributed by atoms with van der Waals surface area (Å²) < 4.78 is 6.26. The van der Waals surface area contributed by atoms with Crippen LogP contribution >= 0.6 is 0 Å². The summed E-state index contributed by atoms with van der Waals surface area (Å²) >= 11 is 0. The second-order valence-electron chi connectivity index (χ2n) is 5.97. The van der Waals surface area contributed by atoms with E-state index in [0.29, 0.717) is 17.1 Å². The Morgan fingerprint density at radius 2 is 1.79 bits per heavy atom. The average Bonchev–Trinajstić information content (AvgIpc) is 1.93. The zero-order chi connectivity index (χ0) is 11.0. The topological polar surface area (TPSA) is 9.23 Å². The van der Waals surface area contributed by atoms with E-state index in [9.17, 15) is 0 Å². The van der Waals surface area contributed by atoms with Crippen molar-refractivity contribution in [2.45, 2.75) is 57.8 Å². The Hall–Kier alpha value is -0.0831. The van der Waals surface area contributed by atoms with Gasteiger partial charge in [-0.1, -0.05) is 26.8 Å². The van der Waals surface area contributed by atoms with Crippen LogP contribution < -0.4 is 0 Å². The van der Waals surface area contributed by atoms with E-state index in [1.807, 2.05) is 0 Å². The Labute approximate surface area is 89.7 Å². The molecule has 1 saturated carbocycles. The second-order valence-corrected chi connectivity index (χ2v) is 10.7. The number of allylic oxidation sites excluding steroid dienone is 1. The van der Waals surface area contributed by atoms with E-state index in [1.54, 1.807) is 0 Å². The van der Waals surface area contributed by atoms with E-state index in [-0.39, 0.29) is 0 Å². The van der Waals surface area contributed by atoms with Crippen LogP contribution in [0, 0.1) is 5.92 Å². The predicted molar refractivity (Wildman–Crippen MR) is 65.0 cm³/mol. The molecule has 1 nitrogen and oxygen atoms in total. The van der Waals surface area contributed by atoms with Gasteiger partial charge < -0.3 is 4.43 Å². The first-order valence-electron chi connectivity index (χ1n) is 5.56. The molecule has 0 radical (unpaired) electrons. The van der Waals surface area contributed by atoms with Crippen LogP contribution in [0.25, 0.3) is 0 Å². The van der Waals surface area contributed by atoms with Crippen molar-refractivity contribution in [3.8, 4) is 0 Å². The molecule has 0 aromatic carbocycles. The highest BCUT2D eigenvalue weighted by atomic mass is 28.4. The molecule has 1 fully saturated rings. The van der Waals surface area contributed by atoms with Crippen LogP contribution in [0.1, 0.15) is 33.6 Å². The lowest BCUT2D eigenvalue weighted by Gasteiger charge is -2.44. The zero-order valence-electron chi connectivity index (χ0n) is 10.3. The molecule has 2 heteroatoms. The van der Waals surface area contributed by atoms with Gasteiger partial charge in [-0.25, -0.2) is 0 Å². The predicted octanol–water partition coefficient (Wildman–Crippen LogP) is 3.97. The molecule has 82 valence electrons.